The largest absolute Gasteiger partial charge is 0.379 e. The number of hydrogen-bond donors (Lipinski definition) is 2. The van der Waals surface area contributed by atoms with Crippen LogP contribution in [0.2, 0.25) is 10.0 Å². The SMILES string of the molecule is C[C@]1(c2cccc(NC(=O)c3ncc(Cl)cc3Cl)c2)CCSC(N)=N1. The Labute approximate surface area is 160 Å². The first-order valence-corrected chi connectivity index (χ1v) is 9.33. The van der Waals surface area contributed by atoms with Crippen LogP contribution in [0.25, 0.3) is 0 Å². The van der Waals surface area contributed by atoms with Crippen LogP contribution in [0.4, 0.5) is 5.69 Å². The van der Waals surface area contributed by atoms with Crippen molar-refractivity contribution in [3.63, 3.8) is 0 Å². The molecule has 0 aliphatic carbocycles. The molecule has 5 nitrogen and oxygen atoms in total. The van der Waals surface area contributed by atoms with Crippen LogP contribution in [0.1, 0.15) is 29.4 Å². The Morgan fingerprint density at radius 3 is 2.88 bits per heavy atom. The number of halogens is 2. The number of carbonyl (C=O) groups excluding carboxylic acids is 1. The normalized spacial score (nSPS) is 20.0. The Morgan fingerprint density at radius 2 is 2.16 bits per heavy atom. The molecule has 1 aliphatic heterocycles. The average molecular weight is 395 g/mol. The molecule has 0 saturated carbocycles. The molecule has 3 N–H and O–H groups in total. The van der Waals surface area contributed by atoms with Crippen LogP contribution in [0, 0.1) is 0 Å². The van der Waals surface area contributed by atoms with Gasteiger partial charge in [0.15, 0.2) is 5.17 Å². The topological polar surface area (TPSA) is 80.4 Å². The van der Waals surface area contributed by atoms with E-state index in [1.54, 1.807) is 17.8 Å². The lowest BCUT2D eigenvalue weighted by Crippen LogP contribution is -2.28. The fourth-order valence-electron chi connectivity index (χ4n) is 2.60. The van der Waals surface area contributed by atoms with Gasteiger partial charge in [0.1, 0.15) is 5.69 Å². The highest BCUT2D eigenvalue weighted by atomic mass is 35.5. The number of amides is 1. The van der Waals surface area contributed by atoms with Crippen LogP contribution in [0.15, 0.2) is 41.5 Å². The highest BCUT2D eigenvalue weighted by molar-refractivity contribution is 8.13. The summed E-state index contributed by atoms with van der Waals surface area (Å²) < 4.78 is 0. The number of nitrogens with zero attached hydrogens (tertiary/aromatic N) is 2. The van der Waals surface area contributed by atoms with Crippen molar-refractivity contribution in [3.8, 4) is 0 Å². The molecular weight excluding hydrogens is 379 g/mol. The van der Waals surface area contributed by atoms with Gasteiger partial charge in [0.05, 0.1) is 15.6 Å². The van der Waals surface area contributed by atoms with Gasteiger partial charge in [-0.3, -0.25) is 9.79 Å². The van der Waals surface area contributed by atoms with Crippen LogP contribution >= 0.6 is 35.0 Å². The quantitative estimate of drug-likeness (QED) is 0.812. The first-order chi connectivity index (χ1) is 11.9. The fraction of sp³-hybridized carbons (Fsp3) is 0.235. The molecule has 0 saturated heterocycles. The molecule has 8 heteroatoms. The van der Waals surface area contributed by atoms with Crippen LogP contribution in [-0.4, -0.2) is 21.8 Å². The molecule has 1 atom stereocenters. The molecule has 2 heterocycles. The third-order valence-electron chi connectivity index (χ3n) is 3.96. The molecule has 0 bridgehead atoms. The number of thioether (sulfide) groups is 1. The Hall–Kier alpha value is -1.76. The molecule has 1 amide bonds. The molecule has 0 unspecified atom stereocenters. The lowest BCUT2D eigenvalue weighted by Gasteiger charge is -2.30. The molecule has 2 aromatic rings. The van der Waals surface area contributed by atoms with Crippen molar-refractivity contribution < 1.29 is 4.79 Å². The van der Waals surface area contributed by atoms with Crippen molar-refractivity contribution in [1.29, 1.82) is 0 Å². The second kappa shape index (κ2) is 7.23. The smallest absolute Gasteiger partial charge is 0.275 e. The molecule has 1 aromatic carbocycles. The van der Waals surface area contributed by atoms with Gasteiger partial charge in [0, 0.05) is 17.6 Å². The highest BCUT2D eigenvalue weighted by Gasteiger charge is 2.29. The lowest BCUT2D eigenvalue weighted by atomic mass is 9.89. The van der Waals surface area contributed by atoms with E-state index >= 15 is 0 Å². The van der Waals surface area contributed by atoms with Gasteiger partial charge in [-0.05, 0) is 37.1 Å². The van der Waals surface area contributed by atoms with Gasteiger partial charge in [-0.15, -0.1) is 0 Å². The molecule has 130 valence electrons. The summed E-state index contributed by atoms with van der Waals surface area (Å²) in [6, 6.07) is 9.05. The van der Waals surface area contributed by atoms with E-state index < -0.39 is 11.4 Å². The van der Waals surface area contributed by atoms with Crippen LogP contribution in [0.5, 0.6) is 0 Å². The minimum atomic E-state index is -0.397. The van der Waals surface area contributed by atoms with E-state index in [1.165, 1.54) is 12.3 Å². The number of carbonyl (C=O) groups is 1. The van der Waals surface area contributed by atoms with Gasteiger partial charge in [0.2, 0.25) is 0 Å². The second-order valence-electron chi connectivity index (χ2n) is 5.84. The number of anilines is 1. The van der Waals surface area contributed by atoms with Crippen molar-refractivity contribution in [2.75, 3.05) is 11.1 Å². The Balaban J connectivity index is 1.85. The monoisotopic (exact) mass is 394 g/mol. The Bertz CT molecular complexity index is 858. The molecule has 0 spiro atoms. The zero-order valence-corrected chi connectivity index (χ0v) is 15.8. The zero-order valence-electron chi connectivity index (χ0n) is 13.4. The molecule has 3 rings (SSSR count). The average Bonchev–Trinajstić information content (AvgIpc) is 2.54. The van der Waals surface area contributed by atoms with Crippen LogP contribution in [0.3, 0.4) is 0 Å². The predicted octanol–water partition coefficient (Wildman–Crippen LogP) is 4.31. The van der Waals surface area contributed by atoms with Crippen molar-refractivity contribution in [2.24, 2.45) is 10.7 Å². The minimum absolute atomic E-state index is 0.124. The van der Waals surface area contributed by atoms with E-state index in [2.05, 4.69) is 15.3 Å². The third-order valence-corrected chi connectivity index (χ3v) is 5.25. The van der Waals surface area contributed by atoms with Crippen molar-refractivity contribution in [2.45, 2.75) is 18.9 Å². The molecule has 25 heavy (non-hydrogen) atoms. The van der Waals surface area contributed by atoms with Gasteiger partial charge in [0.25, 0.3) is 5.91 Å². The van der Waals surface area contributed by atoms with Gasteiger partial charge < -0.3 is 11.1 Å². The van der Waals surface area contributed by atoms with Crippen LogP contribution < -0.4 is 11.1 Å². The summed E-state index contributed by atoms with van der Waals surface area (Å²) in [6.07, 6.45) is 2.26. The molecule has 1 aromatic heterocycles. The summed E-state index contributed by atoms with van der Waals surface area (Å²) in [5.41, 5.74) is 7.24. The number of aliphatic imine (C=N–C) groups is 1. The summed E-state index contributed by atoms with van der Waals surface area (Å²) in [4.78, 5) is 21.0. The minimum Gasteiger partial charge on any atom is -0.379 e. The van der Waals surface area contributed by atoms with E-state index in [0.717, 1.165) is 17.7 Å². The molecular formula is C17H16Cl2N4OS. The Morgan fingerprint density at radius 1 is 1.36 bits per heavy atom. The third kappa shape index (κ3) is 4.08. The van der Waals surface area contributed by atoms with Gasteiger partial charge in [-0.1, -0.05) is 47.1 Å². The standard InChI is InChI=1S/C17H16Cl2N4OS/c1-17(5-6-25-16(20)23-17)10-3-2-4-12(7-10)22-15(24)14-13(19)8-11(18)9-21-14/h2-4,7-9H,5-6H2,1H3,(H2,20,23)(H,22,24)/t17-/m1/s1. The Kier molecular flexibility index (Phi) is 5.22. The van der Waals surface area contributed by atoms with E-state index in [0.29, 0.717) is 15.9 Å². The first-order valence-electron chi connectivity index (χ1n) is 7.58. The van der Waals surface area contributed by atoms with E-state index in [9.17, 15) is 4.79 Å². The number of nitrogens with one attached hydrogen (secondary N) is 1. The van der Waals surface area contributed by atoms with Gasteiger partial charge >= 0.3 is 0 Å². The number of amidine groups is 1. The second-order valence-corrected chi connectivity index (χ2v) is 7.80. The first kappa shape index (κ1) is 18.0. The summed E-state index contributed by atoms with van der Waals surface area (Å²) in [5, 5.41) is 3.98. The number of rotatable bonds is 3. The molecule has 0 fully saturated rings. The maximum absolute atomic E-state index is 12.4. The summed E-state index contributed by atoms with van der Waals surface area (Å²) in [7, 11) is 0. The van der Waals surface area contributed by atoms with Gasteiger partial charge in [-0.25, -0.2) is 4.98 Å². The van der Waals surface area contributed by atoms with E-state index in [-0.39, 0.29) is 10.7 Å². The fourth-order valence-corrected chi connectivity index (χ4v) is 4.04. The van der Waals surface area contributed by atoms with Crippen molar-refractivity contribution >= 4 is 51.7 Å². The van der Waals surface area contributed by atoms with Crippen molar-refractivity contribution in [3.05, 3.63) is 57.8 Å². The summed E-state index contributed by atoms with van der Waals surface area (Å²) >= 11 is 13.4. The maximum Gasteiger partial charge on any atom is 0.275 e. The summed E-state index contributed by atoms with van der Waals surface area (Å²) in [5.74, 6) is 0.512. The lowest BCUT2D eigenvalue weighted by molar-refractivity contribution is 0.102. The van der Waals surface area contributed by atoms with Gasteiger partial charge in [-0.2, -0.15) is 0 Å². The predicted molar refractivity (Wildman–Crippen MR) is 105 cm³/mol. The number of hydrogen-bond acceptors (Lipinski definition) is 5. The summed E-state index contributed by atoms with van der Waals surface area (Å²) in [6.45, 7) is 2.04. The maximum atomic E-state index is 12.4. The highest BCUT2D eigenvalue weighted by Crippen LogP contribution is 2.36. The number of pyridine rings is 1. The number of benzene rings is 1. The van der Waals surface area contributed by atoms with E-state index in [1.807, 2.05) is 25.1 Å². The van der Waals surface area contributed by atoms with Crippen molar-refractivity contribution in [1.82, 2.24) is 4.98 Å². The zero-order chi connectivity index (χ0) is 18.0. The molecule has 0 radical (unpaired) electrons. The number of aromatic nitrogens is 1. The molecule has 1 aliphatic rings. The van der Waals surface area contributed by atoms with E-state index in [4.69, 9.17) is 28.9 Å². The number of nitrogens with two attached hydrogens (primary N) is 1. The van der Waals surface area contributed by atoms with Crippen LogP contribution in [-0.2, 0) is 5.54 Å².